The number of rotatable bonds is 15. The molecule has 0 bridgehead atoms. The zero-order valence-electron chi connectivity index (χ0n) is 25.4. The molecule has 0 spiro atoms. The van der Waals surface area contributed by atoms with Crippen molar-refractivity contribution < 1.29 is 28.9 Å². The molecule has 12 heteroatoms. The Balaban J connectivity index is 2.00. The summed E-state index contributed by atoms with van der Waals surface area (Å²) in [7, 11) is 3.95. The van der Waals surface area contributed by atoms with Crippen LogP contribution in [0.15, 0.2) is 47.5 Å². The van der Waals surface area contributed by atoms with E-state index in [0.29, 0.717) is 46.5 Å². The van der Waals surface area contributed by atoms with Crippen molar-refractivity contribution in [2.75, 3.05) is 40.4 Å². The number of aliphatic imine (C=N–C) groups is 1. The first-order valence-electron chi connectivity index (χ1n) is 14.3. The highest BCUT2D eigenvalue weighted by molar-refractivity contribution is 6.35. The fourth-order valence-electron chi connectivity index (χ4n) is 4.48. The molecule has 0 saturated heterocycles. The van der Waals surface area contributed by atoms with Crippen LogP contribution in [0.4, 0.5) is 0 Å². The Hall–Kier alpha value is -2.89. The third kappa shape index (κ3) is 10.1. The first kappa shape index (κ1) is 34.6. The number of benzene rings is 2. The predicted molar refractivity (Wildman–Crippen MR) is 168 cm³/mol. The Bertz CT molecular complexity index is 1270. The maximum absolute atomic E-state index is 14.1. The van der Waals surface area contributed by atoms with Crippen molar-refractivity contribution in [2.24, 2.45) is 4.99 Å². The van der Waals surface area contributed by atoms with E-state index in [0.717, 1.165) is 13.0 Å². The third-order valence-electron chi connectivity index (χ3n) is 6.51. The number of nitrogens with zero attached hydrogens (tertiary/aromatic N) is 2. The van der Waals surface area contributed by atoms with Gasteiger partial charge in [-0.2, -0.15) is 0 Å². The zero-order valence-corrected chi connectivity index (χ0v) is 26.9. The van der Waals surface area contributed by atoms with E-state index in [1.807, 2.05) is 14.1 Å². The van der Waals surface area contributed by atoms with Crippen LogP contribution >= 0.6 is 23.2 Å². The number of esters is 1. The lowest BCUT2D eigenvalue weighted by Crippen LogP contribution is -2.53. The highest BCUT2D eigenvalue weighted by Crippen LogP contribution is 2.45. The molecule has 3 rings (SSSR count). The quantitative estimate of drug-likeness (QED) is 0.146. The van der Waals surface area contributed by atoms with E-state index in [1.165, 1.54) is 0 Å². The molecule has 2 aromatic carbocycles. The second-order valence-electron chi connectivity index (χ2n) is 11.6. The minimum absolute atomic E-state index is 0.0113. The summed E-state index contributed by atoms with van der Waals surface area (Å²) in [6.07, 6.45) is 0.230. The summed E-state index contributed by atoms with van der Waals surface area (Å²) < 4.78 is 17.6. The van der Waals surface area contributed by atoms with E-state index in [4.69, 9.17) is 47.5 Å². The monoisotopic (exact) mass is 636 g/mol. The SMILES string of the molecule is CN(C)CCCNNC(=O)[C@@]1(CCC(=O)OC(C)(C)C)N=C(c2ccc(OCCCO)cc2)O[C@H]1c1ccc(Cl)cc1Cl. The molecule has 0 aromatic heterocycles. The topological polar surface area (TPSA) is 122 Å². The molecule has 236 valence electrons. The van der Waals surface area contributed by atoms with Gasteiger partial charge in [0.05, 0.1) is 6.61 Å². The number of nitrogens with one attached hydrogen (secondary N) is 2. The number of carbonyl (C=O) groups excluding carboxylic acids is 2. The molecular weight excluding hydrogens is 595 g/mol. The van der Waals surface area contributed by atoms with Gasteiger partial charge in [-0.05, 0) is 90.7 Å². The van der Waals surface area contributed by atoms with Crippen molar-refractivity contribution in [3.63, 3.8) is 0 Å². The second-order valence-corrected chi connectivity index (χ2v) is 12.4. The van der Waals surface area contributed by atoms with Gasteiger partial charge < -0.3 is 24.2 Å². The van der Waals surface area contributed by atoms with Gasteiger partial charge in [0.2, 0.25) is 5.90 Å². The van der Waals surface area contributed by atoms with E-state index in [-0.39, 0.29) is 25.3 Å². The second kappa shape index (κ2) is 15.7. The molecule has 1 heterocycles. The number of halogens is 2. The largest absolute Gasteiger partial charge is 0.494 e. The van der Waals surface area contributed by atoms with Crippen LogP contribution in [0, 0.1) is 0 Å². The van der Waals surface area contributed by atoms with Crippen LogP contribution in [0.1, 0.15) is 63.7 Å². The van der Waals surface area contributed by atoms with Gasteiger partial charge in [0.15, 0.2) is 11.6 Å². The van der Waals surface area contributed by atoms with Gasteiger partial charge in [-0.1, -0.05) is 29.3 Å². The van der Waals surface area contributed by atoms with Crippen LogP contribution in [0.2, 0.25) is 10.0 Å². The number of aliphatic hydroxyl groups excluding tert-OH is 1. The van der Waals surface area contributed by atoms with E-state index in [9.17, 15) is 9.59 Å². The normalized spacial score (nSPS) is 18.3. The summed E-state index contributed by atoms with van der Waals surface area (Å²) in [6.45, 7) is 7.12. The van der Waals surface area contributed by atoms with Crippen LogP contribution in [0.25, 0.3) is 0 Å². The maximum Gasteiger partial charge on any atom is 0.306 e. The van der Waals surface area contributed by atoms with Crippen LogP contribution in [-0.2, 0) is 19.1 Å². The fraction of sp³-hybridized carbons (Fsp3) is 0.516. The Morgan fingerprint density at radius 2 is 1.84 bits per heavy atom. The van der Waals surface area contributed by atoms with E-state index >= 15 is 0 Å². The number of amides is 1. The third-order valence-corrected chi connectivity index (χ3v) is 7.08. The molecule has 1 aliphatic rings. The van der Waals surface area contributed by atoms with Gasteiger partial charge in [-0.3, -0.25) is 15.0 Å². The van der Waals surface area contributed by atoms with E-state index in [2.05, 4.69) is 15.8 Å². The number of ether oxygens (including phenoxy) is 3. The molecular formula is C31H42Cl2N4O6. The van der Waals surface area contributed by atoms with Crippen molar-refractivity contribution in [2.45, 2.75) is 63.7 Å². The van der Waals surface area contributed by atoms with Crippen molar-refractivity contribution >= 4 is 41.0 Å². The molecule has 0 unspecified atom stereocenters. The summed E-state index contributed by atoms with van der Waals surface area (Å²) in [6, 6.07) is 12.0. The number of carbonyl (C=O) groups is 2. The van der Waals surface area contributed by atoms with Gasteiger partial charge in [0.1, 0.15) is 11.4 Å². The lowest BCUT2D eigenvalue weighted by atomic mass is 9.83. The first-order valence-corrected chi connectivity index (χ1v) is 15.1. The van der Waals surface area contributed by atoms with Crippen molar-refractivity contribution in [3.8, 4) is 5.75 Å². The Morgan fingerprint density at radius 1 is 1.12 bits per heavy atom. The van der Waals surface area contributed by atoms with Crippen molar-refractivity contribution in [1.29, 1.82) is 0 Å². The van der Waals surface area contributed by atoms with Crippen LogP contribution in [0.3, 0.4) is 0 Å². The van der Waals surface area contributed by atoms with Crippen LogP contribution in [0.5, 0.6) is 5.75 Å². The van der Waals surface area contributed by atoms with E-state index in [1.54, 1.807) is 63.2 Å². The van der Waals surface area contributed by atoms with Crippen LogP contribution < -0.4 is 15.6 Å². The molecule has 0 fully saturated rings. The highest BCUT2D eigenvalue weighted by atomic mass is 35.5. The fourth-order valence-corrected chi connectivity index (χ4v) is 4.99. The Labute approximate surface area is 263 Å². The van der Waals surface area contributed by atoms with Crippen molar-refractivity contribution in [1.82, 2.24) is 15.8 Å². The minimum Gasteiger partial charge on any atom is -0.494 e. The van der Waals surface area contributed by atoms with Crippen molar-refractivity contribution in [3.05, 3.63) is 63.6 Å². The first-order chi connectivity index (χ1) is 20.3. The van der Waals surface area contributed by atoms with E-state index < -0.39 is 29.1 Å². The van der Waals surface area contributed by atoms with Gasteiger partial charge in [-0.15, -0.1) is 0 Å². The van der Waals surface area contributed by atoms with Gasteiger partial charge in [-0.25, -0.2) is 10.4 Å². The average Bonchev–Trinajstić information content (AvgIpc) is 3.31. The number of hydrazine groups is 1. The molecule has 2 aromatic rings. The molecule has 1 aliphatic heterocycles. The summed E-state index contributed by atoms with van der Waals surface area (Å²) in [5, 5.41) is 9.75. The lowest BCUT2D eigenvalue weighted by Gasteiger charge is -2.31. The molecule has 3 N–H and O–H groups in total. The summed E-state index contributed by atoms with van der Waals surface area (Å²) >= 11 is 12.8. The average molecular weight is 638 g/mol. The predicted octanol–water partition coefficient (Wildman–Crippen LogP) is 4.71. The molecule has 0 saturated carbocycles. The smallest absolute Gasteiger partial charge is 0.306 e. The molecule has 2 atom stereocenters. The van der Waals surface area contributed by atoms with Gasteiger partial charge in [0.25, 0.3) is 5.91 Å². The minimum atomic E-state index is -1.57. The molecule has 43 heavy (non-hydrogen) atoms. The summed E-state index contributed by atoms with van der Waals surface area (Å²) in [4.78, 5) is 33.9. The summed E-state index contributed by atoms with van der Waals surface area (Å²) in [5.41, 5.74) is 4.63. The molecule has 0 aliphatic carbocycles. The molecule has 10 nitrogen and oxygen atoms in total. The number of aliphatic hydroxyl groups is 1. The Kier molecular flexibility index (Phi) is 12.6. The molecule has 1 amide bonds. The molecule has 0 radical (unpaired) electrons. The number of hydrogen-bond acceptors (Lipinski definition) is 9. The maximum atomic E-state index is 14.1. The lowest BCUT2D eigenvalue weighted by molar-refractivity contribution is -0.155. The highest BCUT2D eigenvalue weighted by Gasteiger charge is 2.54. The van der Waals surface area contributed by atoms with Crippen LogP contribution in [-0.4, -0.2) is 79.3 Å². The zero-order chi connectivity index (χ0) is 31.6. The summed E-state index contributed by atoms with van der Waals surface area (Å²) in [5.74, 6) is -0.114. The van der Waals surface area contributed by atoms with Gasteiger partial charge >= 0.3 is 5.97 Å². The standard InChI is InChI=1S/C31H42Cl2N4O6/c1-30(2,3)43-26(39)14-15-31(29(40)36-34-16-6-17-37(4)5)27(24-13-10-22(32)20-25(24)33)42-28(35-31)21-8-11-23(12-9-21)41-19-7-18-38/h8-13,20,27,34,38H,6-7,14-19H2,1-5H3,(H,36,40)/t27-,31-/m0/s1. The number of hydrogen-bond donors (Lipinski definition) is 3. The Morgan fingerprint density at radius 3 is 2.47 bits per heavy atom. The van der Waals surface area contributed by atoms with Gasteiger partial charge in [0, 0.05) is 47.2 Å².